The van der Waals surface area contributed by atoms with Crippen LogP contribution in [0.5, 0.6) is 23.0 Å². The van der Waals surface area contributed by atoms with Gasteiger partial charge in [0.2, 0.25) is 12.5 Å². The van der Waals surface area contributed by atoms with E-state index in [1.54, 1.807) is 14.2 Å². The van der Waals surface area contributed by atoms with Crippen LogP contribution in [0.2, 0.25) is 0 Å². The first-order valence-corrected chi connectivity index (χ1v) is 12.9. The average Bonchev–Trinajstić information content (AvgIpc) is 3.41. The molecule has 3 heterocycles. The molecule has 0 unspecified atom stereocenters. The second-order valence-corrected chi connectivity index (χ2v) is 9.44. The maximum atomic E-state index is 12.1. The molecule has 0 bridgehead atoms. The molecule has 1 aromatic heterocycles. The van der Waals surface area contributed by atoms with Crippen molar-refractivity contribution in [3.05, 3.63) is 77.0 Å². The fraction of sp³-hybridized carbons (Fsp3) is 0.290. The SMILES string of the molecule is CCOC(=O)c1ccc(CCc2c3[n+](cc4c(OC)c(OC)ccc24)CCc2cc4c(cc2-3)OCO4)cc1. The molecule has 0 N–H and O–H groups in total. The minimum Gasteiger partial charge on any atom is -0.493 e. The summed E-state index contributed by atoms with van der Waals surface area (Å²) in [4.78, 5) is 12.1. The summed E-state index contributed by atoms with van der Waals surface area (Å²) in [6.07, 6.45) is 4.69. The van der Waals surface area contributed by atoms with Crippen LogP contribution in [0.25, 0.3) is 22.0 Å². The zero-order valence-corrected chi connectivity index (χ0v) is 21.8. The fourth-order valence-electron chi connectivity index (χ4n) is 5.55. The van der Waals surface area contributed by atoms with Crippen LogP contribution < -0.4 is 23.5 Å². The van der Waals surface area contributed by atoms with Crippen LogP contribution in [-0.2, 0) is 30.5 Å². The molecule has 0 saturated heterocycles. The summed E-state index contributed by atoms with van der Waals surface area (Å²) >= 11 is 0. The van der Waals surface area contributed by atoms with Crippen molar-refractivity contribution in [1.29, 1.82) is 0 Å². The molecule has 38 heavy (non-hydrogen) atoms. The molecule has 0 aliphatic carbocycles. The van der Waals surface area contributed by atoms with E-state index in [0.29, 0.717) is 17.9 Å². The van der Waals surface area contributed by atoms with Crippen LogP contribution in [0.1, 0.15) is 34.0 Å². The number of hydrogen-bond acceptors (Lipinski definition) is 6. The molecule has 3 aromatic carbocycles. The van der Waals surface area contributed by atoms with Gasteiger partial charge < -0.3 is 23.7 Å². The number of carbonyl (C=O) groups is 1. The van der Waals surface area contributed by atoms with Gasteiger partial charge in [0.05, 0.1) is 37.3 Å². The summed E-state index contributed by atoms with van der Waals surface area (Å²) in [6, 6.07) is 16.0. The topological polar surface area (TPSA) is 67.1 Å². The summed E-state index contributed by atoms with van der Waals surface area (Å²) < 4.78 is 30.3. The van der Waals surface area contributed by atoms with Crippen LogP contribution >= 0.6 is 0 Å². The molecule has 194 valence electrons. The van der Waals surface area contributed by atoms with E-state index in [4.69, 9.17) is 23.7 Å². The van der Waals surface area contributed by atoms with Crippen molar-refractivity contribution in [2.24, 2.45) is 0 Å². The summed E-state index contributed by atoms with van der Waals surface area (Å²) in [7, 11) is 3.34. The van der Waals surface area contributed by atoms with Gasteiger partial charge in [0.25, 0.3) is 0 Å². The third-order valence-corrected chi connectivity index (χ3v) is 7.37. The molecule has 4 aromatic rings. The van der Waals surface area contributed by atoms with E-state index in [-0.39, 0.29) is 12.8 Å². The minimum atomic E-state index is -0.296. The van der Waals surface area contributed by atoms with Crippen molar-refractivity contribution < 1.29 is 33.0 Å². The highest BCUT2D eigenvalue weighted by molar-refractivity contribution is 5.95. The third-order valence-electron chi connectivity index (χ3n) is 7.37. The smallest absolute Gasteiger partial charge is 0.338 e. The van der Waals surface area contributed by atoms with Gasteiger partial charge in [0, 0.05) is 17.4 Å². The van der Waals surface area contributed by atoms with Gasteiger partial charge in [-0.25, -0.2) is 4.79 Å². The molecule has 6 rings (SSSR count). The Hall–Kier alpha value is -4.26. The second kappa shape index (κ2) is 9.89. The summed E-state index contributed by atoms with van der Waals surface area (Å²) in [5.41, 5.74) is 6.57. The predicted molar refractivity (Wildman–Crippen MR) is 142 cm³/mol. The number of nitrogens with zero attached hydrogens (tertiary/aromatic N) is 1. The molecule has 0 spiro atoms. The lowest BCUT2D eigenvalue weighted by Crippen LogP contribution is -2.41. The lowest BCUT2D eigenvalue weighted by molar-refractivity contribution is -0.686. The Bertz CT molecular complexity index is 1540. The normalized spacial score (nSPS) is 13.1. The first-order chi connectivity index (χ1) is 18.6. The van der Waals surface area contributed by atoms with Crippen LogP contribution in [0.15, 0.2) is 54.7 Å². The Kier molecular flexibility index (Phi) is 6.27. The number of carbonyl (C=O) groups excluding carboxylic acids is 1. The zero-order valence-electron chi connectivity index (χ0n) is 21.8. The molecular weight excluding hydrogens is 482 g/mol. The highest BCUT2D eigenvalue weighted by Crippen LogP contribution is 2.43. The van der Waals surface area contributed by atoms with Crippen molar-refractivity contribution in [2.75, 3.05) is 27.6 Å². The van der Waals surface area contributed by atoms with Gasteiger partial charge in [-0.1, -0.05) is 12.1 Å². The number of methoxy groups -OCH3 is 2. The average molecular weight is 513 g/mol. The zero-order chi connectivity index (χ0) is 26.2. The van der Waals surface area contributed by atoms with E-state index < -0.39 is 0 Å². The molecule has 0 saturated carbocycles. The number of benzene rings is 3. The molecule has 0 amide bonds. The van der Waals surface area contributed by atoms with Crippen molar-refractivity contribution in [1.82, 2.24) is 0 Å². The Morgan fingerprint density at radius 2 is 1.74 bits per heavy atom. The molecule has 0 fully saturated rings. The molecule has 0 radical (unpaired) electrons. The number of ether oxygens (including phenoxy) is 5. The third kappa shape index (κ3) is 4.08. The van der Waals surface area contributed by atoms with Crippen molar-refractivity contribution in [3.8, 4) is 34.3 Å². The van der Waals surface area contributed by atoms with Crippen molar-refractivity contribution in [3.63, 3.8) is 0 Å². The largest absolute Gasteiger partial charge is 0.493 e. The van der Waals surface area contributed by atoms with Gasteiger partial charge in [0.15, 0.2) is 35.7 Å². The van der Waals surface area contributed by atoms with E-state index in [9.17, 15) is 4.79 Å². The molecule has 0 atom stereocenters. The van der Waals surface area contributed by atoms with Crippen LogP contribution in [0.4, 0.5) is 0 Å². The highest BCUT2D eigenvalue weighted by atomic mass is 16.7. The molecular formula is C31H30NO6+. The number of pyridine rings is 1. The van der Waals surface area contributed by atoms with Crippen molar-refractivity contribution >= 4 is 16.7 Å². The number of esters is 1. The van der Waals surface area contributed by atoms with Gasteiger partial charge >= 0.3 is 5.97 Å². The number of fused-ring (bicyclic) bond motifs is 5. The van der Waals surface area contributed by atoms with Crippen LogP contribution in [0.3, 0.4) is 0 Å². The number of aryl methyl sites for hydroxylation is 4. The standard InChI is InChI=1S/C31H30NO6/c1-4-36-31(33)20-8-5-19(6-9-20)7-10-23-22-11-12-26(34-2)30(35-3)25(22)17-32-14-13-21-15-27-28(38-18-37-27)16-24(21)29(23)32/h5-6,8-9,11-12,15-17H,4,7,10,13-14,18H2,1-3H3/q+1. The summed E-state index contributed by atoms with van der Waals surface area (Å²) in [5, 5.41) is 2.15. The Morgan fingerprint density at radius 1 is 0.947 bits per heavy atom. The second-order valence-electron chi connectivity index (χ2n) is 9.44. The first kappa shape index (κ1) is 24.1. The van der Waals surface area contributed by atoms with Gasteiger partial charge in [-0.3, -0.25) is 0 Å². The van der Waals surface area contributed by atoms with E-state index >= 15 is 0 Å². The maximum Gasteiger partial charge on any atom is 0.338 e. The predicted octanol–water partition coefficient (Wildman–Crippen LogP) is 5.06. The highest BCUT2D eigenvalue weighted by Gasteiger charge is 2.32. The first-order valence-electron chi connectivity index (χ1n) is 12.9. The van der Waals surface area contributed by atoms with Gasteiger partial charge in [-0.2, -0.15) is 4.57 Å². The van der Waals surface area contributed by atoms with E-state index in [1.807, 2.05) is 37.3 Å². The summed E-state index contributed by atoms with van der Waals surface area (Å²) in [5.74, 6) is 2.74. The minimum absolute atomic E-state index is 0.252. The Labute approximate surface area is 221 Å². The molecule has 7 heteroatoms. The summed E-state index contributed by atoms with van der Waals surface area (Å²) in [6.45, 7) is 3.27. The lowest BCUT2D eigenvalue weighted by atomic mass is 9.88. The monoisotopic (exact) mass is 512 g/mol. The number of rotatable bonds is 7. The number of aromatic nitrogens is 1. The van der Waals surface area contributed by atoms with E-state index in [2.05, 4.69) is 29.0 Å². The van der Waals surface area contributed by atoms with Crippen LogP contribution in [-0.4, -0.2) is 33.6 Å². The van der Waals surface area contributed by atoms with Gasteiger partial charge in [-0.15, -0.1) is 0 Å². The van der Waals surface area contributed by atoms with Crippen LogP contribution in [0, 0.1) is 0 Å². The van der Waals surface area contributed by atoms with Gasteiger partial charge in [0.1, 0.15) is 0 Å². The molecule has 7 nitrogen and oxygen atoms in total. The van der Waals surface area contributed by atoms with Crippen molar-refractivity contribution in [2.45, 2.75) is 32.7 Å². The number of hydrogen-bond donors (Lipinski definition) is 0. The van der Waals surface area contributed by atoms with E-state index in [0.717, 1.165) is 59.4 Å². The quantitative estimate of drug-likeness (QED) is 0.255. The maximum absolute atomic E-state index is 12.1. The fourth-order valence-corrected chi connectivity index (χ4v) is 5.55. The van der Waals surface area contributed by atoms with Gasteiger partial charge in [-0.05, 0) is 67.3 Å². The molecule has 2 aliphatic heterocycles. The van der Waals surface area contributed by atoms with E-state index in [1.165, 1.54) is 22.4 Å². The lowest BCUT2D eigenvalue weighted by Gasteiger charge is -2.21. The molecule has 2 aliphatic rings. The Morgan fingerprint density at radius 3 is 2.47 bits per heavy atom. The Balaban J connectivity index is 1.47.